The SMILES string of the molecule is CCc1c(F)cccc1Nc1c(-c2ccncc2OCC2(C)CCO2)[nH]c2c1C(=O)NCC21CC1. The van der Waals surface area contributed by atoms with E-state index in [2.05, 4.69) is 20.6 Å². The first-order chi connectivity index (χ1) is 16.9. The van der Waals surface area contributed by atoms with E-state index in [4.69, 9.17) is 9.47 Å². The molecular weight excluding hydrogens is 447 g/mol. The van der Waals surface area contributed by atoms with Crippen LogP contribution in [-0.4, -0.2) is 41.2 Å². The average Bonchev–Trinajstić information content (AvgIpc) is 3.52. The Balaban J connectivity index is 1.48. The van der Waals surface area contributed by atoms with Gasteiger partial charge in [0.2, 0.25) is 0 Å². The highest BCUT2D eigenvalue weighted by Gasteiger charge is 2.51. The summed E-state index contributed by atoms with van der Waals surface area (Å²) in [5, 5.41) is 6.49. The summed E-state index contributed by atoms with van der Waals surface area (Å²) in [7, 11) is 0. The van der Waals surface area contributed by atoms with Crippen LogP contribution in [0, 0.1) is 5.82 Å². The van der Waals surface area contributed by atoms with Gasteiger partial charge in [-0.15, -0.1) is 0 Å². The predicted molar refractivity (Wildman–Crippen MR) is 131 cm³/mol. The summed E-state index contributed by atoms with van der Waals surface area (Å²) in [6, 6.07) is 6.86. The predicted octanol–water partition coefficient (Wildman–Crippen LogP) is 4.85. The van der Waals surface area contributed by atoms with Gasteiger partial charge in [-0.25, -0.2) is 4.39 Å². The van der Waals surface area contributed by atoms with Crippen molar-refractivity contribution in [3.05, 3.63) is 59.3 Å². The van der Waals surface area contributed by atoms with Crippen LogP contribution >= 0.6 is 0 Å². The zero-order chi connectivity index (χ0) is 24.2. The molecule has 4 heterocycles. The Morgan fingerprint density at radius 3 is 2.80 bits per heavy atom. The first-order valence-electron chi connectivity index (χ1n) is 12.2. The number of nitrogens with one attached hydrogen (secondary N) is 3. The molecule has 0 radical (unpaired) electrons. The highest BCUT2D eigenvalue weighted by molar-refractivity contribution is 6.07. The van der Waals surface area contributed by atoms with E-state index in [1.807, 2.05) is 26.0 Å². The molecule has 0 bridgehead atoms. The van der Waals surface area contributed by atoms with Crippen molar-refractivity contribution in [3.63, 3.8) is 0 Å². The second kappa shape index (κ2) is 8.09. The molecule has 3 N–H and O–H groups in total. The molecule has 6 rings (SSSR count). The van der Waals surface area contributed by atoms with E-state index in [0.717, 1.165) is 42.8 Å². The number of hydrogen-bond donors (Lipinski definition) is 3. The maximum atomic E-state index is 14.6. The van der Waals surface area contributed by atoms with Gasteiger partial charge in [-0.3, -0.25) is 9.78 Å². The lowest BCUT2D eigenvalue weighted by Crippen LogP contribution is -2.45. The third kappa shape index (κ3) is 3.67. The van der Waals surface area contributed by atoms with Crippen LogP contribution in [-0.2, 0) is 16.6 Å². The number of nitrogens with zero attached hydrogens (tertiary/aromatic N) is 1. The fraction of sp³-hybridized carbons (Fsp3) is 0.407. The molecule has 1 atom stereocenters. The third-order valence-electron chi connectivity index (χ3n) is 7.60. The highest BCUT2D eigenvalue weighted by Crippen LogP contribution is 2.54. The molecule has 3 aromatic rings. The number of fused-ring (bicyclic) bond motifs is 2. The molecule has 2 aliphatic heterocycles. The van der Waals surface area contributed by atoms with Crippen molar-refractivity contribution in [2.45, 2.75) is 50.5 Å². The molecule has 2 aromatic heterocycles. The van der Waals surface area contributed by atoms with Crippen molar-refractivity contribution < 1.29 is 18.7 Å². The number of rotatable bonds is 7. The van der Waals surface area contributed by atoms with Crippen LogP contribution in [0.15, 0.2) is 36.7 Å². The molecule has 1 aliphatic carbocycles. The van der Waals surface area contributed by atoms with Crippen molar-refractivity contribution >= 4 is 17.3 Å². The quantitative estimate of drug-likeness (QED) is 0.454. The van der Waals surface area contributed by atoms with Gasteiger partial charge in [0.05, 0.1) is 29.7 Å². The molecule has 1 aromatic carbocycles. The molecule has 1 spiro atoms. The lowest BCUT2D eigenvalue weighted by Gasteiger charge is -2.38. The fourth-order valence-electron chi connectivity index (χ4n) is 5.12. The molecule has 1 saturated heterocycles. The molecular formula is C27H29FN4O3. The zero-order valence-corrected chi connectivity index (χ0v) is 20.0. The smallest absolute Gasteiger partial charge is 0.255 e. The number of ether oxygens (including phenoxy) is 2. The van der Waals surface area contributed by atoms with Gasteiger partial charge in [0, 0.05) is 47.1 Å². The molecule has 1 amide bonds. The summed E-state index contributed by atoms with van der Waals surface area (Å²) in [6.45, 7) is 5.71. The molecule has 182 valence electrons. The Morgan fingerprint density at radius 2 is 2.09 bits per heavy atom. The number of carbonyl (C=O) groups is 1. The Morgan fingerprint density at radius 1 is 1.26 bits per heavy atom. The fourth-order valence-corrected chi connectivity index (χ4v) is 5.12. The number of halogens is 1. The molecule has 35 heavy (non-hydrogen) atoms. The van der Waals surface area contributed by atoms with E-state index in [9.17, 15) is 9.18 Å². The molecule has 1 unspecified atom stereocenters. The topological polar surface area (TPSA) is 88.3 Å². The lowest BCUT2D eigenvalue weighted by molar-refractivity contribution is -0.152. The van der Waals surface area contributed by atoms with E-state index in [1.165, 1.54) is 6.07 Å². The summed E-state index contributed by atoms with van der Waals surface area (Å²) in [6.07, 6.45) is 6.88. The normalized spacial score (nSPS) is 21.7. The third-order valence-corrected chi connectivity index (χ3v) is 7.60. The number of H-pyrrole nitrogens is 1. The molecule has 2 fully saturated rings. The van der Waals surface area contributed by atoms with Crippen LogP contribution in [0.4, 0.5) is 15.8 Å². The Labute approximate surface area is 203 Å². The summed E-state index contributed by atoms with van der Waals surface area (Å²) >= 11 is 0. The van der Waals surface area contributed by atoms with Crippen LogP contribution < -0.4 is 15.4 Å². The van der Waals surface area contributed by atoms with Gasteiger partial charge in [0.15, 0.2) is 0 Å². The van der Waals surface area contributed by atoms with Crippen molar-refractivity contribution in [1.29, 1.82) is 0 Å². The largest absolute Gasteiger partial charge is 0.488 e. The first kappa shape index (κ1) is 22.1. The summed E-state index contributed by atoms with van der Waals surface area (Å²) < 4.78 is 26.5. The number of benzene rings is 1. The van der Waals surface area contributed by atoms with Gasteiger partial charge in [0.1, 0.15) is 23.8 Å². The number of amides is 1. The van der Waals surface area contributed by atoms with Crippen molar-refractivity contribution in [2.24, 2.45) is 0 Å². The minimum atomic E-state index is -0.307. The second-order valence-corrected chi connectivity index (χ2v) is 10.0. The molecule has 1 saturated carbocycles. The van der Waals surface area contributed by atoms with E-state index >= 15 is 0 Å². The Kier molecular flexibility index (Phi) is 5.11. The van der Waals surface area contributed by atoms with Crippen molar-refractivity contribution in [1.82, 2.24) is 15.3 Å². The van der Waals surface area contributed by atoms with Gasteiger partial charge < -0.3 is 25.1 Å². The lowest BCUT2D eigenvalue weighted by atomic mass is 9.93. The molecule has 8 heteroatoms. The maximum Gasteiger partial charge on any atom is 0.255 e. The Hall–Kier alpha value is -3.39. The van der Waals surface area contributed by atoms with Crippen LogP contribution in [0.25, 0.3) is 11.3 Å². The number of carbonyl (C=O) groups excluding carboxylic acids is 1. The van der Waals surface area contributed by atoms with Crippen LogP contribution in [0.3, 0.4) is 0 Å². The van der Waals surface area contributed by atoms with Crippen LogP contribution in [0.1, 0.15) is 54.7 Å². The van der Waals surface area contributed by atoms with Crippen molar-refractivity contribution in [3.8, 4) is 17.0 Å². The number of hydrogen-bond acceptors (Lipinski definition) is 5. The minimum Gasteiger partial charge on any atom is -0.488 e. The number of aromatic nitrogens is 2. The maximum absolute atomic E-state index is 14.6. The van der Waals surface area contributed by atoms with E-state index in [1.54, 1.807) is 18.5 Å². The highest BCUT2D eigenvalue weighted by atomic mass is 19.1. The Bertz CT molecular complexity index is 1310. The van der Waals surface area contributed by atoms with E-state index < -0.39 is 0 Å². The van der Waals surface area contributed by atoms with Gasteiger partial charge >= 0.3 is 0 Å². The van der Waals surface area contributed by atoms with E-state index in [0.29, 0.717) is 47.8 Å². The van der Waals surface area contributed by atoms with Crippen LogP contribution in [0.2, 0.25) is 0 Å². The van der Waals surface area contributed by atoms with Gasteiger partial charge in [0.25, 0.3) is 5.91 Å². The molecule has 7 nitrogen and oxygen atoms in total. The average molecular weight is 477 g/mol. The van der Waals surface area contributed by atoms with Gasteiger partial charge in [-0.1, -0.05) is 13.0 Å². The summed E-state index contributed by atoms with van der Waals surface area (Å²) in [5.74, 6) is 0.197. The van der Waals surface area contributed by atoms with Crippen LogP contribution in [0.5, 0.6) is 5.75 Å². The number of aromatic amines is 1. The first-order valence-corrected chi connectivity index (χ1v) is 12.2. The second-order valence-electron chi connectivity index (χ2n) is 10.0. The summed E-state index contributed by atoms with van der Waals surface area (Å²) in [5.41, 5.74) is 4.52. The van der Waals surface area contributed by atoms with Gasteiger partial charge in [-0.2, -0.15) is 0 Å². The monoisotopic (exact) mass is 476 g/mol. The zero-order valence-electron chi connectivity index (χ0n) is 20.0. The van der Waals surface area contributed by atoms with E-state index in [-0.39, 0.29) is 22.7 Å². The summed E-state index contributed by atoms with van der Waals surface area (Å²) in [4.78, 5) is 21.0. The number of pyridine rings is 1. The number of anilines is 2. The van der Waals surface area contributed by atoms with Crippen molar-refractivity contribution in [2.75, 3.05) is 25.1 Å². The standard InChI is InChI=1S/C27H29FN4O3/c1-3-16-18(28)5-4-6-19(16)31-23-21-24(27(8-9-27)14-30-25(21)33)32-22(23)17-7-11-29-13-20(17)34-15-26(2)10-12-35-26/h4-7,11,13,31-32H,3,8-10,12,14-15H2,1-2H3,(H,30,33). The minimum absolute atomic E-state index is 0.0747. The molecule has 3 aliphatic rings. The van der Waals surface area contributed by atoms with Gasteiger partial charge in [-0.05, 0) is 44.4 Å².